The fourth-order valence-corrected chi connectivity index (χ4v) is 1.89. The standard InChI is InChI=1S/C13H14N6O2/c20-5-4-14-13-18-11-10(15-7-16-11)12(19-13)17-8-2-1-3-9(21)6-8/h1-3,6-7,20-21H,4-5H2,(H3,14,15,16,17,18,19). The van der Waals surface area contributed by atoms with E-state index in [2.05, 4.69) is 30.6 Å². The molecule has 0 aliphatic heterocycles. The predicted molar refractivity (Wildman–Crippen MR) is 78.6 cm³/mol. The van der Waals surface area contributed by atoms with E-state index in [9.17, 15) is 5.11 Å². The molecule has 0 radical (unpaired) electrons. The molecule has 0 saturated heterocycles. The van der Waals surface area contributed by atoms with Crippen molar-refractivity contribution in [3.8, 4) is 5.75 Å². The SMILES string of the molecule is OCCNc1nc(Nc2cccc(O)c2)c2[nH]cnc2n1. The number of aromatic amines is 1. The fourth-order valence-electron chi connectivity index (χ4n) is 1.89. The van der Waals surface area contributed by atoms with Gasteiger partial charge in [0.05, 0.1) is 12.9 Å². The first kappa shape index (κ1) is 13.1. The van der Waals surface area contributed by atoms with Gasteiger partial charge >= 0.3 is 0 Å². The Kier molecular flexibility index (Phi) is 3.52. The van der Waals surface area contributed by atoms with Crippen LogP contribution in [0.5, 0.6) is 5.75 Å². The minimum atomic E-state index is -0.0166. The van der Waals surface area contributed by atoms with Gasteiger partial charge in [-0.3, -0.25) is 0 Å². The minimum absolute atomic E-state index is 0.0166. The van der Waals surface area contributed by atoms with Crippen LogP contribution in [0.25, 0.3) is 11.2 Å². The quantitative estimate of drug-likeness (QED) is 0.478. The van der Waals surface area contributed by atoms with Crippen molar-refractivity contribution in [3.05, 3.63) is 30.6 Å². The molecule has 0 bridgehead atoms. The van der Waals surface area contributed by atoms with Crippen LogP contribution in [0.3, 0.4) is 0 Å². The summed E-state index contributed by atoms with van der Waals surface area (Å²) in [6.07, 6.45) is 1.53. The number of phenols is 1. The van der Waals surface area contributed by atoms with Crippen LogP contribution in [0.2, 0.25) is 0 Å². The number of aromatic nitrogens is 4. The first-order chi connectivity index (χ1) is 10.3. The van der Waals surface area contributed by atoms with Crippen molar-refractivity contribution < 1.29 is 10.2 Å². The predicted octanol–water partition coefficient (Wildman–Crippen LogP) is 1.21. The number of aromatic hydroxyl groups is 1. The van der Waals surface area contributed by atoms with E-state index in [4.69, 9.17) is 5.11 Å². The smallest absolute Gasteiger partial charge is 0.226 e. The summed E-state index contributed by atoms with van der Waals surface area (Å²) in [5, 5.41) is 24.4. The van der Waals surface area contributed by atoms with Gasteiger partial charge in [-0.25, -0.2) is 4.98 Å². The normalized spacial score (nSPS) is 10.7. The maximum Gasteiger partial charge on any atom is 0.226 e. The first-order valence-electron chi connectivity index (χ1n) is 6.38. The third kappa shape index (κ3) is 2.84. The fraction of sp³-hybridized carbons (Fsp3) is 0.154. The van der Waals surface area contributed by atoms with E-state index in [-0.39, 0.29) is 12.4 Å². The molecule has 3 aromatic rings. The minimum Gasteiger partial charge on any atom is -0.508 e. The average Bonchev–Trinajstić information content (AvgIpc) is 2.94. The van der Waals surface area contributed by atoms with Crippen LogP contribution in [-0.2, 0) is 0 Å². The number of aliphatic hydroxyl groups is 1. The molecule has 1 aromatic carbocycles. The molecule has 3 rings (SSSR count). The van der Waals surface area contributed by atoms with Gasteiger partial charge in [0.25, 0.3) is 0 Å². The number of imidazole rings is 1. The van der Waals surface area contributed by atoms with Crippen LogP contribution in [0.15, 0.2) is 30.6 Å². The highest BCUT2D eigenvalue weighted by atomic mass is 16.3. The van der Waals surface area contributed by atoms with Gasteiger partial charge in [0.1, 0.15) is 11.3 Å². The summed E-state index contributed by atoms with van der Waals surface area (Å²) in [5.74, 6) is 1.06. The number of H-pyrrole nitrogens is 1. The second-order valence-corrected chi connectivity index (χ2v) is 4.32. The first-order valence-corrected chi connectivity index (χ1v) is 6.38. The van der Waals surface area contributed by atoms with Crippen LogP contribution in [-0.4, -0.2) is 43.3 Å². The number of anilines is 3. The molecule has 0 atom stereocenters. The lowest BCUT2D eigenvalue weighted by molar-refractivity contribution is 0.311. The van der Waals surface area contributed by atoms with Gasteiger partial charge in [-0.2, -0.15) is 9.97 Å². The number of hydrogen-bond donors (Lipinski definition) is 5. The molecule has 2 heterocycles. The molecular formula is C13H14N6O2. The van der Waals surface area contributed by atoms with Crippen molar-refractivity contribution in [2.45, 2.75) is 0 Å². The van der Waals surface area contributed by atoms with Gasteiger partial charge in [-0.15, -0.1) is 0 Å². The molecule has 0 unspecified atom stereocenters. The Morgan fingerprint density at radius 1 is 1.24 bits per heavy atom. The van der Waals surface area contributed by atoms with Crippen molar-refractivity contribution in [1.82, 2.24) is 19.9 Å². The lowest BCUT2D eigenvalue weighted by Crippen LogP contribution is -2.09. The number of phenolic OH excluding ortho intramolecular Hbond substituents is 1. The molecule has 0 saturated carbocycles. The summed E-state index contributed by atoms with van der Waals surface area (Å²) in [4.78, 5) is 15.6. The van der Waals surface area contributed by atoms with E-state index >= 15 is 0 Å². The van der Waals surface area contributed by atoms with Crippen LogP contribution < -0.4 is 10.6 Å². The van der Waals surface area contributed by atoms with Crippen molar-refractivity contribution in [1.29, 1.82) is 0 Å². The van der Waals surface area contributed by atoms with Crippen LogP contribution in [0, 0.1) is 0 Å². The summed E-state index contributed by atoms with van der Waals surface area (Å²) in [6.45, 7) is 0.332. The van der Waals surface area contributed by atoms with Gasteiger partial charge in [0.15, 0.2) is 11.5 Å². The Morgan fingerprint density at radius 3 is 2.95 bits per heavy atom. The average molecular weight is 286 g/mol. The lowest BCUT2D eigenvalue weighted by Gasteiger charge is -2.09. The summed E-state index contributed by atoms with van der Waals surface area (Å²) < 4.78 is 0. The molecule has 2 aromatic heterocycles. The zero-order chi connectivity index (χ0) is 14.7. The maximum absolute atomic E-state index is 9.50. The molecule has 108 valence electrons. The van der Waals surface area contributed by atoms with Gasteiger partial charge in [-0.05, 0) is 12.1 Å². The van der Waals surface area contributed by atoms with Gasteiger partial charge < -0.3 is 25.8 Å². The van der Waals surface area contributed by atoms with Gasteiger partial charge in [0, 0.05) is 18.3 Å². The Bertz CT molecular complexity index is 757. The molecule has 0 amide bonds. The number of rotatable bonds is 5. The highest BCUT2D eigenvalue weighted by molar-refractivity contribution is 5.86. The van der Waals surface area contributed by atoms with Crippen molar-refractivity contribution >= 4 is 28.6 Å². The zero-order valence-corrected chi connectivity index (χ0v) is 11.0. The second kappa shape index (κ2) is 5.63. The number of nitrogens with one attached hydrogen (secondary N) is 3. The molecule has 5 N–H and O–H groups in total. The number of aliphatic hydroxyl groups excluding tert-OH is 1. The molecule has 0 spiro atoms. The van der Waals surface area contributed by atoms with Gasteiger partial charge in [0.2, 0.25) is 5.95 Å². The molecule has 8 heteroatoms. The highest BCUT2D eigenvalue weighted by Gasteiger charge is 2.10. The Labute approximate surface area is 119 Å². The van der Waals surface area contributed by atoms with Crippen molar-refractivity contribution in [3.63, 3.8) is 0 Å². The molecule has 0 fully saturated rings. The third-order valence-corrected chi connectivity index (χ3v) is 2.79. The maximum atomic E-state index is 9.50. The van der Waals surface area contributed by atoms with E-state index in [1.165, 1.54) is 6.33 Å². The van der Waals surface area contributed by atoms with E-state index < -0.39 is 0 Å². The van der Waals surface area contributed by atoms with E-state index in [0.29, 0.717) is 35.2 Å². The topological polar surface area (TPSA) is 119 Å². The Balaban J connectivity index is 1.97. The summed E-state index contributed by atoms with van der Waals surface area (Å²) >= 11 is 0. The molecule has 0 aliphatic carbocycles. The Morgan fingerprint density at radius 2 is 2.14 bits per heavy atom. The number of fused-ring (bicyclic) bond motifs is 1. The molecule has 0 aliphatic rings. The number of benzene rings is 1. The largest absolute Gasteiger partial charge is 0.508 e. The van der Waals surface area contributed by atoms with E-state index in [1.54, 1.807) is 18.2 Å². The molecular weight excluding hydrogens is 272 g/mol. The van der Waals surface area contributed by atoms with Crippen molar-refractivity contribution in [2.75, 3.05) is 23.8 Å². The number of hydrogen-bond acceptors (Lipinski definition) is 7. The molecule has 21 heavy (non-hydrogen) atoms. The highest BCUT2D eigenvalue weighted by Crippen LogP contribution is 2.24. The zero-order valence-electron chi connectivity index (χ0n) is 11.0. The number of nitrogens with zero attached hydrogens (tertiary/aromatic N) is 3. The second-order valence-electron chi connectivity index (χ2n) is 4.32. The van der Waals surface area contributed by atoms with Crippen LogP contribution in [0.4, 0.5) is 17.5 Å². The van der Waals surface area contributed by atoms with Gasteiger partial charge in [-0.1, -0.05) is 6.07 Å². The summed E-state index contributed by atoms with van der Waals surface area (Å²) in [5.41, 5.74) is 1.86. The Hall–Kier alpha value is -2.87. The van der Waals surface area contributed by atoms with Crippen molar-refractivity contribution in [2.24, 2.45) is 0 Å². The van der Waals surface area contributed by atoms with E-state index in [0.717, 1.165) is 0 Å². The monoisotopic (exact) mass is 286 g/mol. The molecule has 8 nitrogen and oxygen atoms in total. The van der Waals surface area contributed by atoms with Crippen LogP contribution >= 0.6 is 0 Å². The van der Waals surface area contributed by atoms with Crippen LogP contribution in [0.1, 0.15) is 0 Å². The summed E-state index contributed by atoms with van der Waals surface area (Å²) in [6, 6.07) is 6.72. The summed E-state index contributed by atoms with van der Waals surface area (Å²) in [7, 11) is 0. The third-order valence-electron chi connectivity index (χ3n) is 2.79. The lowest BCUT2D eigenvalue weighted by atomic mass is 10.3. The van der Waals surface area contributed by atoms with E-state index in [1.807, 2.05) is 6.07 Å².